The number of rotatable bonds is 5. The van der Waals surface area contributed by atoms with Gasteiger partial charge in [-0.3, -0.25) is 0 Å². The van der Waals surface area contributed by atoms with Gasteiger partial charge in [-0.15, -0.1) is 5.10 Å². The van der Waals surface area contributed by atoms with Crippen LogP contribution >= 0.6 is 11.6 Å². The molecule has 0 bridgehead atoms. The van der Waals surface area contributed by atoms with E-state index in [-0.39, 0.29) is 5.28 Å². The zero-order valence-corrected chi connectivity index (χ0v) is 17.1. The largest absolute Gasteiger partial charge is 0.472 e. The summed E-state index contributed by atoms with van der Waals surface area (Å²) in [6.07, 6.45) is 4.51. The van der Waals surface area contributed by atoms with Crippen molar-refractivity contribution in [3.05, 3.63) is 76.2 Å². The second kappa shape index (κ2) is 7.16. The Morgan fingerprint density at radius 3 is 2.48 bits per heavy atom. The van der Waals surface area contributed by atoms with Crippen molar-refractivity contribution >= 4 is 22.6 Å². The number of nitrogens with zero attached hydrogens (tertiary/aromatic N) is 4. The Morgan fingerprint density at radius 1 is 1.07 bits per heavy atom. The third-order valence-corrected chi connectivity index (χ3v) is 5.50. The van der Waals surface area contributed by atoms with Gasteiger partial charge in [-0.1, -0.05) is 42.5 Å². The van der Waals surface area contributed by atoms with Crippen LogP contribution in [0.2, 0.25) is 5.28 Å². The van der Waals surface area contributed by atoms with E-state index < -0.39 is 0 Å². The van der Waals surface area contributed by atoms with E-state index >= 15 is 0 Å². The van der Waals surface area contributed by atoms with Crippen LogP contribution in [0.25, 0.3) is 16.7 Å². The molecule has 0 N–H and O–H groups in total. The predicted molar refractivity (Wildman–Crippen MR) is 114 cm³/mol. The Labute approximate surface area is 174 Å². The van der Waals surface area contributed by atoms with Crippen LogP contribution in [0.1, 0.15) is 41.0 Å². The van der Waals surface area contributed by atoms with E-state index in [1.54, 1.807) is 0 Å². The van der Waals surface area contributed by atoms with Gasteiger partial charge in [0.1, 0.15) is 12.0 Å². The first-order valence-electron chi connectivity index (χ1n) is 9.79. The third-order valence-electron chi connectivity index (χ3n) is 5.33. The Balaban J connectivity index is 1.53. The van der Waals surface area contributed by atoms with Gasteiger partial charge in [0.05, 0.1) is 5.69 Å². The summed E-state index contributed by atoms with van der Waals surface area (Å²) < 4.78 is 7.83. The summed E-state index contributed by atoms with van der Waals surface area (Å²) in [5.41, 5.74) is 6.48. The van der Waals surface area contributed by atoms with Crippen molar-refractivity contribution in [2.24, 2.45) is 0 Å². The standard InChI is InChI=1S/C23H21ClN4O/c1-14-10-18(17-8-9-17)11-15(2)20(14)28-12-19-21(27-28)25-23(24)26-22(19)29-13-16-6-4-3-5-7-16/h3-7,10-12,17H,8-9,13H2,1-2H3. The Morgan fingerprint density at radius 2 is 1.79 bits per heavy atom. The smallest absolute Gasteiger partial charge is 0.229 e. The SMILES string of the molecule is Cc1cc(C2CC2)cc(C)c1-n1cc2c(OCc3ccccc3)nc(Cl)nc2n1. The van der Waals surface area contributed by atoms with Crippen molar-refractivity contribution in [2.75, 3.05) is 0 Å². The molecule has 0 radical (unpaired) electrons. The summed E-state index contributed by atoms with van der Waals surface area (Å²) in [7, 11) is 0. The first kappa shape index (κ1) is 18.1. The fourth-order valence-electron chi connectivity index (χ4n) is 3.81. The van der Waals surface area contributed by atoms with Crippen LogP contribution in [0.3, 0.4) is 0 Å². The van der Waals surface area contributed by atoms with E-state index in [4.69, 9.17) is 16.3 Å². The maximum Gasteiger partial charge on any atom is 0.229 e. The monoisotopic (exact) mass is 404 g/mol. The molecule has 5 nitrogen and oxygen atoms in total. The highest BCUT2D eigenvalue weighted by Gasteiger charge is 2.25. The third kappa shape index (κ3) is 3.58. The number of hydrogen-bond donors (Lipinski definition) is 0. The molecule has 2 aromatic heterocycles. The molecule has 0 aliphatic heterocycles. The van der Waals surface area contributed by atoms with E-state index in [1.165, 1.54) is 29.5 Å². The molecule has 0 unspecified atom stereocenters. The first-order valence-corrected chi connectivity index (χ1v) is 10.2. The molecule has 6 heteroatoms. The van der Waals surface area contributed by atoms with Gasteiger partial charge in [-0.25, -0.2) is 4.68 Å². The van der Waals surface area contributed by atoms with Gasteiger partial charge >= 0.3 is 0 Å². The second-order valence-electron chi connectivity index (χ2n) is 7.66. The van der Waals surface area contributed by atoms with Crippen LogP contribution in [0.5, 0.6) is 5.88 Å². The van der Waals surface area contributed by atoms with Gasteiger partial charge in [-0.05, 0) is 66.5 Å². The van der Waals surface area contributed by atoms with Gasteiger partial charge in [0.25, 0.3) is 0 Å². The molecule has 1 fully saturated rings. The van der Waals surface area contributed by atoms with Crippen LogP contribution in [0.4, 0.5) is 0 Å². The molecule has 146 valence electrons. The van der Waals surface area contributed by atoms with Crippen LogP contribution in [-0.2, 0) is 6.61 Å². The molecule has 0 saturated heterocycles. The van der Waals surface area contributed by atoms with Crippen molar-refractivity contribution in [3.8, 4) is 11.6 Å². The summed E-state index contributed by atoms with van der Waals surface area (Å²) >= 11 is 6.13. The molecule has 2 heterocycles. The topological polar surface area (TPSA) is 52.8 Å². The highest BCUT2D eigenvalue weighted by molar-refractivity contribution is 6.28. The minimum absolute atomic E-state index is 0.128. The molecular formula is C23H21ClN4O. The van der Waals surface area contributed by atoms with Gasteiger partial charge in [0.15, 0.2) is 5.65 Å². The summed E-state index contributed by atoms with van der Waals surface area (Å²) in [5.74, 6) is 1.17. The van der Waals surface area contributed by atoms with Crippen LogP contribution < -0.4 is 4.74 Å². The lowest BCUT2D eigenvalue weighted by atomic mass is 10.0. The lowest BCUT2D eigenvalue weighted by Gasteiger charge is -2.12. The maximum atomic E-state index is 6.13. The molecule has 5 rings (SSSR count). The molecule has 0 atom stereocenters. The molecule has 2 aromatic carbocycles. The van der Waals surface area contributed by atoms with Gasteiger partial charge in [-0.2, -0.15) is 9.97 Å². The Hall–Kier alpha value is -2.92. The number of aromatic nitrogens is 4. The molecule has 0 amide bonds. The molecule has 29 heavy (non-hydrogen) atoms. The lowest BCUT2D eigenvalue weighted by molar-refractivity contribution is 0.297. The average Bonchev–Trinajstić information content (AvgIpc) is 3.47. The fourth-order valence-corrected chi connectivity index (χ4v) is 3.97. The maximum absolute atomic E-state index is 6.13. The number of benzene rings is 2. The van der Waals surface area contributed by atoms with Crippen molar-refractivity contribution in [1.29, 1.82) is 0 Å². The number of aryl methyl sites for hydroxylation is 2. The molecule has 1 saturated carbocycles. The number of fused-ring (bicyclic) bond motifs is 1. The number of ether oxygens (including phenoxy) is 1. The molecule has 1 aliphatic rings. The summed E-state index contributed by atoms with van der Waals surface area (Å²) in [5, 5.41) is 5.55. The van der Waals surface area contributed by atoms with E-state index in [0.717, 1.165) is 22.6 Å². The van der Waals surface area contributed by atoms with Crippen LogP contribution in [0.15, 0.2) is 48.7 Å². The Kier molecular flexibility index (Phi) is 4.47. The second-order valence-corrected chi connectivity index (χ2v) is 8.00. The van der Waals surface area contributed by atoms with E-state index in [1.807, 2.05) is 41.2 Å². The minimum Gasteiger partial charge on any atom is -0.472 e. The van der Waals surface area contributed by atoms with E-state index in [9.17, 15) is 0 Å². The normalized spacial score (nSPS) is 13.8. The number of hydrogen-bond acceptors (Lipinski definition) is 4. The molecule has 4 aromatic rings. The highest BCUT2D eigenvalue weighted by atomic mass is 35.5. The van der Waals surface area contributed by atoms with Gasteiger partial charge in [0, 0.05) is 6.20 Å². The van der Waals surface area contributed by atoms with E-state index in [2.05, 4.69) is 41.0 Å². The van der Waals surface area contributed by atoms with Gasteiger partial charge in [0.2, 0.25) is 11.2 Å². The quantitative estimate of drug-likeness (QED) is 0.409. The summed E-state index contributed by atoms with van der Waals surface area (Å²) in [4.78, 5) is 8.59. The minimum atomic E-state index is 0.128. The zero-order valence-electron chi connectivity index (χ0n) is 16.4. The van der Waals surface area contributed by atoms with Crippen LogP contribution in [0, 0.1) is 13.8 Å². The lowest BCUT2D eigenvalue weighted by Crippen LogP contribution is -2.02. The number of halogens is 1. The van der Waals surface area contributed by atoms with Crippen LogP contribution in [-0.4, -0.2) is 19.7 Å². The fraction of sp³-hybridized carbons (Fsp3) is 0.261. The van der Waals surface area contributed by atoms with Crippen molar-refractivity contribution in [3.63, 3.8) is 0 Å². The summed E-state index contributed by atoms with van der Waals surface area (Å²) in [6, 6.07) is 14.5. The average molecular weight is 405 g/mol. The highest BCUT2D eigenvalue weighted by Crippen LogP contribution is 2.41. The molecule has 0 spiro atoms. The molecular weight excluding hydrogens is 384 g/mol. The zero-order chi connectivity index (χ0) is 20.0. The van der Waals surface area contributed by atoms with Crippen molar-refractivity contribution in [2.45, 2.75) is 39.2 Å². The Bertz CT molecular complexity index is 1180. The van der Waals surface area contributed by atoms with E-state index in [0.29, 0.717) is 18.1 Å². The van der Waals surface area contributed by atoms with Crippen molar-refractivity contribution < 1.29 is 4.74 Å². The summed E-state index contributed by atoms with van der Waals surface area (Å²) in [6.45, 7) is 4.67. The first-order chi connectivity index (χ1) is 14.1. The van der Waals surface area contributed by atoms with Gasteiger partial charge < -0.3 is 4.74 Å². The van der Waals surface area contributed by atoms with Crippen molar-refractivity contribution in [1.82, 2.24) is 19.7 Å². The predicted octanol–water partition coefficient (Wildman–Crippen LogP) is 5.54. The molecule has 1 aliphatic carbocycles.